The first-order chi connectivity index (χ1) is 7.86. The quantitative estimate of drug-likeness (QED) is 0.836. The van der Waals surface area contributed by atoms with E-state index in [0.717, 1.165) is 0 Å². The van der Waals surface area contributed by atoms with Gasteiger partial charge in [-0.1, -0.05) is 12.1 Å². The normalized spacial score (nSPS) is 13.2. The molecule has 1 unspecified atom stereocenters. The second-order valence-electron chi connectivity index (χ2n) is 3.24. The van der Waals surface area contributed by atoms with Crippen molar-refractivity contribution in [3.63, 3.8) is 0 Å². The SMILES string of the molecule is NCC(Oc1ccccc1C(N)=O)C(F)(F)F. The molecule has 0 aromatic heterocycles. The molecule has 7 heteroatoms. The molecule has 1 aromatic carbocycles. The molecule has 0 fully saturated rings. The number of nitrogens with two attached hydrogens (primary N) is 2. The summed E-state index contributed by atoms with van der Waals surface area (Å²) in [7, 11) is 0. The van der Waals surface area contributed by atoms with E-state index in [2.05, 4.69) is 4.74 Å². The first-order valence-electron chi connectivity index (χ1n) is 4.68. The number of carbonyl (C=O) groups is 1. The van der Waals surface area contributed by atoms with Crippen molar-refractivity contribution in [2.45, 2.75) is 12.3 Å². The standard InChI is InChI=1S/C10H11F3N2O2/c11-10(12,13)8(5-14)17-7-4-2-1-3-6(7)9(15)16/h1-4,8H,5,14H2,(H2,15,16). The van der Waals surface area contributed by atoms with E-state index in [1.807, 2.05) is 0 Å². The Morgan fingerprint density at radius 3 is 2.41 bits per heavy atom. The fourth-order valence-corrected chi connectivity index (χ4v) is 1.17. The number of para-hydroxylation sites is 1. The second kappa shape index (κ2) is 5.05. The zero-order valence-corrected chi connectivity index (χ0v) is 8.70. The van der Waals surface area contributed by atoms with Crippen LogP contribution in [0.2, 0.25) is 0 Å². The molecule has 94 valence electrons. The van der Waals surface area contributed by atoms with Gasteiger partial charge >= 0.3 is 6.18 Å². The molecule has 4 N–H and O–H groups in total. The van der Waals surface area contributed by atoms with Crippen molar-refractivity contribution in [2.75, 3.05) is 6.54 Å². The molecule has 4 nitrogen and oxygen atoms in total. The summed E-state index contributed by atoms with van der Waals surface area (Å²) in [4.78, 5) is 11.0. The van der Waals surface area contributed by atoms with E-state index >= 15 is 0 Å². The summed E-state index contributed by atoms with van der Waals surface area (Å²) in [6, 6.07) is 5.42. The average molecular weight is 248 g/mol. The van der Waals surface area contributed by atoms with E-state index in [4.69, 9.17) is 11.5 Å². The van der Waals surface area contributed by atoms with Crippen molar-refractivity contribution in [3.8, 4) is 5.75 Å². The van der Waals surface area contributed by atoms with Gasteiger partial charge in [0.05, 0.1) is 5.56 Å². The van der Waals surface area contributed by atoms with Crippen LogP contribution in [0.1, 0.15) is 10.4 Å². The Balaban J connectivity index is 2.98. The van der Waals surface area contributed by atoms with E-state index in [0.29, 0.717) is 0 Å². The highest BCUT2D eigenvalue weighted by molar-refractivity contribution is 5.95. The fourth-order valence-electron chi connectivity index (χ4n) is 1.17. The largest absolute Gasteiger partial charge is 0.479 e. The third kappa shape index (κ3) is 3.35. The van der Waals surface area contributed by atoms with Crippen LogP contribution in [0.3, 0.4) is 0 Å². The highest BCUT2D eigenvalue weighted by Gasteiger charge is 2.41. The Labute approximate surface area is 95.3 Å². The number of primary amides is 1. The van der Waals surface area contributed by atoms with Crippen molar-refractivity contribution in [2.24, 2.45) is 11.5 Å². The smallest absolute Gasteiger partial charge is 0.426 e. The Hall–Kier alpha value is -1.76. The van der Waals surface area contributed by atoms with Gasteiger partial charge in [0.15, 0.2) is 0 Å². The van der Waals surface area contributed by atoms with E-state index < -0.39 is 24.7 Å². The van der Waals surface area contributed by atoms with E-state index in [9.17, 15) is 18.0 Å². The lowest BCUT2D eigenvalue weighted by Gasteiger charge is -2.21. The summed E-state index contributed by atoms with van der Waals surface area (Å²) < 4.78 is 41.9. The van der Waals surface area contributed by atoms with Crippen LogP contribution in [-0.4, -0.2) is 24.7 Å². The van der Waals surface area contributed by atoms with Crippen LogP contribution in [0, 0.1) is 0 Å². The van der Waals surface area contributed by atoms with Gasteiger partial charge in [0, 0.05) is 6.54 Å². The highest BCUT2D eigenvalue weighted by atomic mass is 19.4. The number of carbonyl (C=O) groups excluding carboxylic acids is 1. The van der Waals surface area contributed by atoms with Crippen LogP contribution in [0.25, 0.3) is 0 Å². The molecule has 0 aliphatic carbocycles. The van der Waals surface area contributed by atoms with Crippen LogP contribution in [-0.2, 0) is 0 Å². The van der Waals surface area contributed by atoms with Crippen molar-refractivity contribution in [1.29, 1.82) is 0 Å². The summed E-state index contributed by atoms with van der Waals surface area (Å²) >= 11 is 0. The van der Waals surface area contributed by atoms with Crippen LogP contribution < -0.4 is 16.2 Å². The minimum Gasteiger partial charge on any atom is -0.479 e. The van der Waals surface area contributed by atoms with Gasteiger partial charge in [0.1, 0.15) is 5.75 Å². The molecule has 0 saturated heterocycles. The lowest BCUT2D eigenvalue weighted by Crippen LogP contribution is -2.41. The summed E-state index contributed by atoms with van der Waals surface area (Å²) in [6.45, 7) is -0.739. The van der Waals surface area contributed by atoms with Crippen LogP contribution in [0.5, 0.6) is 5.75 Å². The molecular weight excluding hydrogens is 237 g/mol. The molecule has 0 aliphatic rings. The number of amides is 1. The molecule has 0 heterocycles. The van der Waals surface area contributed by atoms with E-state index in [1.54, 1.807) is 0 Å². The summed E-state index contributed by atoms with van der Waals surface area (Å²) in [6.07, 6.45) is -6.76. The van der Waals surface area contributed by atoms with Gasteiger partial charge in [-0.3, -0.25) is 4.79 Å². The molecule has 1 aromatic rings. The van der Waals surface area contributed by atoms with Gasteiger partial charge < -0.3 is 16.2 Å². The second-order valence-corrected chi connectivity index (χ2v) is 3.24. The molecule has 17 heavy (non-hydrogen) atoms. The third-order valence-corrected chi connectivity index (χ3v) is 2.00. The fraction of sp³-hybridized carbons (Fsp3) is 0.300. The molecule has 1 amide bonds. The van der Waals surface area contributed by atoms with Crippen LogP contribution >= 0.6 is 0 Å². The topological polar surface area (TPSA) is 78.3 Å². The van der Waals surface area contributed by atoms with Crippen molar-refractivity contribution in [1.82, 2.24) is 0 Å². The monoisotopic (exact) mass is 248 g/mol. The van der Waals surface area contributed by atoms with Crippen molar-refractivity contribution >= 4 is 5.91 Å². The van der Waals surface area contributed by atoms with Crippen molar-refractivity contribution < 1.29 is 22.7 Å². The first-order valence-corrected chi connectivity index (χ1v) is 4.68. The van der Waals surface area contributed by atoms with Gasteiger partial charge in [0.25, 0.3) is 5.91 Å². The number of halogens is 3. The molecule has 1 atom stereocenters. The molecular formula is C10H11F3N2O2. The molecule has 0 radical (unpaired) electrons. The first kappa shape index (κ1) is 13.3. The summed E-state index contributed by atoms with van der Waals surface area (Å²) in [5, 5.41) is 0. The third-order valence-electron chi connectivity index (χ3n) is 2.00. The minimum absolute atomic E-state index is 0.116. The zero-order chi connectivity index (χ0) is 13.1. The zero-order valence-electron chi connectivity index (χ0n) is 8.70. The predicted molar refractivity (Wildman–Crippen MR) is 54.5 cm³/mol. The molecule has 0 aliphatic heterocycles. The highest BCUT2D eigenvalue weighted by Crippen LogP contribution is 2.26. The van der Waals surface area contributed by atoms with E-state index in [-0.39, 0.29) is 11.3 Å². The van der Waals surface area contributed by atoms with Gasteiger partial charge in [-0.05, 0) is 12.1 Å². The molecule has 0 saturated carbocycles. The van der Waals surface area contributed by atoms with Crippen LogP contribution in [0.15, 0.2) is 24.3 Å². The lowest BCUT2D eigenvalue weighted by molar-refractivity contribution is -0.191. The van der Waals surface area contributed by atoms with Crippen molar-refractivity contribution in [3.05, 3.63) is 29.8 Å². The van der Waals surface area contributed by atoms with Gasteiger partial charge in [-0.25, -0.2) is 0 Å². The predicted octanol–water partition coefficient (Wildman–Crippen LogP) is 1.05. The minimum atomic E-state index is -4.60. The average Bonchev–Trinajstić information content (AvgIpc) is 2.24. The van der Waals surface area contributed by atoms with Gasteiger partial charge in [-0.15, -0.1) is 0 Å². The Morgan fingerprint density at radius 2 is 1.94 bits per heavy atom. The molecule has 0 spiro atoms. The van der Waals surface area contributed by atoms with Gasteiger partial charge in [0.2, 0.25) is 6.10 Å². The summed E-state index contributed by atoms with van der Waals surface area (Å²) in [5.41, 5.74) is 9.87. The number of rotatable bonds is 4. The lowest BCUT2D eigenvalue weighted by atomic mass is 10.2. The Bertz CT molecular complexity index is 407. The Morgan fingerprint density at radius 1 is 1.35 bits per heavy atom. The number of alkyl halides is 3. The van der Waals surface area contributed by atoms with Gasteiger partial charge in [-0.2, -0.15) is 13.2 Å². The number of hydrogen-bond acceptors (Lipinski definition) is 3. The number of hydrogen-bond donors (Lipinski definition) is 2. The number of benzene rings is 1. The molecule has 0 bridgehead atoms. The maximum absolute atomic E-state index is 12.4. The molecule has 1 rings (SSSR count). The maximum Gasteiger partial charge on any atom is 0.426 e. The van der Waals surface area contributed by atoms with E-state index in [1.165, 1.54) is 24.3 Å². The Kier molecular flexibility index (Phi) is 3.95. The van der Waals surface area contributed by atoms with Crippen LogP contribution in [0.4, 0.5) is 13.2 Å². The maximum atomic E-state index is 12.4. The summed E-state index contributed by atoms with van der Waals surface area (Å²) in [5.74, 6) is -1.09. The number of ether oxygens (including phenoxy) is 1.